The van der Waals surface area contributed by atoms with Crippen LogP contribution in [-0.2, 0) is 6.54 Å². The highest BCUT2D eigenvalue weighted by Gasteiger charge is 2.14. The van der Waals surface area contributed by atoms with Crippen LogP contribution < -0.4 is 0 Å². The Labute approximate surface area is 145 Å². The summed E-state index contributed by atoms with van der Waals surface area (Å²) in [5.41, 5.74) is 3.54. The standard InChI is InChI=1S/C20H28N4/c1-3-9-23-10-6-11-24(13-12-23)16-18-14-21-20(22-15-18)19-8-5-4-7-17(19)2/h4-5,7-8,14-15H,3,6,9-13,16H2,1-2H3. The largest absolute Gasteiger partial charge is 0.302 e. The molecule has 4 heteroatoms. The number of aryl methyl sites for hydroxylation is 1. The van der Waals surface area contributed by atoms with Crippen molar-refractivity contribution in [3.8, 4) is 11.4 Å². The lowest BCUT2D eigenvalue weighted by atomic mass is 10.1. The van der Waals surface area contributed by atoms with E-state index in [9.17, 15) is 0 Å². The minimum Gasteiger partial charge on any atom is -0.302 e. The fourth-order valence-electron chi connectivity index (χ4n) is 3.38. The van der Waals surface area contributed by atoms with Gasteiger partial charge in [0.2, 0.25) is 0 Å². The molecule has 0 spiro atoms. The maximum Gasteiger partial charge on any atom is 0.159 e. The minimum atomic E-state index is 0.821. The van der Waals surface area contributed by atoms with Crippen LogP contribution in [0, 0.1) is 6.92 Å². The van der Waals surface area contributed by atoms with Crippen LogP contribution in [0.5, 0.6) is 0 Å². The summed E-state index contributed by atoms with van der Waals surface area (Å²) in [5.74, 6) is 0.821. The number of rotatable bonds is 5. The Balaban J connectivity index is 1.61. The SMILES string of the molecule is CCCN1CCCN(Cc2cnc(-c3ccccc3C)nc2)CC1. The lowest BCUT2D eigenvalue weighted by Gasteiger charge is -2.21. The molecule has 0 bridgehead atoms. The molecule has 0 N–H and O–H groups in total. The van der Waals surface area contributed by atoms with E-state index in [-0.39, 0.29) is 0 Å². The zero-order valence-electron chi connectivity index (χ0n) is 14.9. The fourth-order valence-corrected chi connectivity index (χ4v) is 3.38. The molecule has 0 aliphatic carbocycles. The average Bonchev–Trinajstić information content (AvgIpc) is 2.82. The van der Waals surface area contributed by atoms with Crippen molar-refractivity contribution in [3.63, 3.8) is 0 Å². The van der Waals surface area contributed by atoms with Crippen molar-refractivity contribution in [2.24, 2.45) is 0 Å². The summed E-state index contributed by atoms with van der Waals surface area (Å²) in [4.78, 5) is 14.3. The maximum atomic E-state index is 4.59. The molecule has 1 saturated heterocycles. The molecule has 24 heavy (non-hydrogen) atoms. The van der Waals surface area contributed by atoms with Gasteiger partial charge in [-0.05, 0) is 45.0 Å². The third kappa shape index (κ3) is 4.40. The van der Waals surface area contributed by atoms with Crippen molar-refractivity contribution in [2.75, 3.05) is 32.7 Å². The molecule has 2 aromatic rings. The number of hydrogen-bond acceptors (Lipinski definition) is 4. The normalized spacial score (nSPS) is 16.9. The molecule has 1 aliphatic rings. The van der Waals surface area contributed by atoms with Crippen LogP contribution >= 0.6 is 0 Å². The number of hydrogen-bond donors (Lipinski definition) is 0. The van der Waals surface area contributed by atoms with Gasteiger partial charge in [0.25, 0.3) is 0 Å². The highest BCUT2D eigenvalue weighted by Crippen LogP contribution is 2.19. The van der Waals surface area contributed by atoms with Crippen LogP contribution in [0.3, 0.4) is 0 Å². The number of benzene rings is 1. The average molecular weight is 324 g/mol. The monoisotopic (exact) mass is 324 g/mol. The van der Waals surface area contributed by atoms with E-state index in [2.05, 4.69) is 45.7 Å². The van der Waals surface area contributed by atoms with Crippen LogP contribution in [-0.4, -0.2) is 52.5 Å². The van der Waals surface area contributed by atoms with E-state index in [0.29, 0.717) is 0 Å². The lowest BCUT2D eigenvalue weighted by Crippen LogP contribution is -2.31. The van der Waals surface area contributed by atoms with Gasteiger partial charge in [-0.25, -0.2) is 9.97 Å². The molecule has 1 aliphatic heterocycles. The summed E-state index contributed by atoms with van der Waals surface area (Å²) in [6, 6.07) is 8.28. The molecule has 128 valence electrons. The molecule has 0 saturated carbocycles. The molecule has 1 fully saturated rings. The Morgan fingerprint density at radius 1 is 0.958 bits per heavy atom. The van der Waals surface area contributed by atoms with Gasteiger partial charge in [0.05, 0.1) is 0 Å². The Bertz CT molecular complexity index is 638. The van der Waals surface area contributed by atoms with Gasteiger partial charge in [0.1, 0.15) is 0 Å². The van der Waals surface area contributed by atoms with Crippen molar-refractivity contribution >= 4 is 0 Å². The highest BCUT2D eigenvalue weighted by molar-refractivity contribution is 5.59. The van der Waals surface area contributed by atoms with E-state index in [1.54, 1.807) is 0 Å². The topological polar surface area (TPSA) is 32.3 Å². The van der Waals surface area contributed by atoms with E-state index < -0.39 is 0 Å². The second kappa shape index (κ2) is 8.36. The van der Waals surface area contributed by atoms with Gasteiger partial charge < -0.3 is 4.90 Å². The summed E-state index contributed by atoms with van der Waals surface area (Å²) < 4.78 is 0. The van der Waals surface area contributed by atoms with E-state index in [0.717, 1.165) is 24.5 Å². The zero-order chi connectivity index (χ0) is 16.8. The number of nitrogens with zero attached hydrogens (tertiary/aromatic N) is 4. The molecule has 1 aromatic heterocycles. The van der Waals surface area contributed by atoms with Crippen LogP contribution in [0.2, 0.25) is 0 Å². The predicted molar refractivity (Wildman–Crippen MR) is 98.8 cm³/mol. The first-order valence-electron chi connectivity index (χ1n) is 9.08. The summed E-state index contributed by atoms with van der Waals surface area (Å²) >= 11 is 0. The molecule has 4 nitrogen and oxygen atoms in total. The molecular weight excluding hydrogens is 296 g/mol. The van der Waals surface area contributed by atoms with Crippen LogP contribution in [0.1, 0.15) is 30.9 Å². The van der Waals surface area contributed by atoms with Crippen LogP contribution in [0.25, 0.3) is 11.4 Å². The third-order valence-electron chi connectivity index (χ3n) is 4.72. The van der Waals surface area contributed by atoms with Gasteiger partial charge in [-0.1, -0.05) is 31.2 Å². The molecular formula is C20H28N4. The van der Waals surface area contributed by atoms with E-state index in [4.69, 9.17) is 0 Å². The first kappa shape index (κ1) is 17.1. The smallest absolute Gasteiger partial charge is 0.159 e. The lowest BCUT2D eigenvalue weighted by molar-refractivity contribution is 0.251. The Morgan fingerprint density at radius 2 is 1.67 bits per heavy atom. The van der Waals surface area contributed by atoms with Gasteiger partial charge >= 0.3 is 0 Å². The first-order valence-corrected chi connectivity index (χ1v) is 9.08. The Morgan fingerprint density at radius 3 is 2.42 bits per heavy atom. The second-order valence-electron chi connectivity index (χ2n) is 6.70. The minimum absolute atomic E-state index is 0.821. The van der Waals surface area contributed by atoms with Gasteiger partial charge in [0.15, 0.2) is 5.82 Å². The summed E-state index contributed by atoms with van der Waals surface area (Å²) in [7, 11) is 0. The Hall–Kier alpha value is -1.78. The van der Waals surface area contributed by atoms with E-state index in [1.807, 2.05) is 24.5 Å². The van der Waals surface area contributed by atoms with E-state index in [1.165, 1.54) is 50.1 Å². The maximum absolute atomic E-state index is 4.59. The molecule has 0 atom stereocenters. The van der Waals surface area contributed by atoms with Gasteiger partial charge in [-0.3, -0.25) is 4.90 Å². The summed E-state index contributed by atoms with van der Waals surface area (Å²) in [6.45, 7) is 11.3. The summed E-state index contributed by atoms with van der Waals surface area (Å²) in [5, 5.41) is 0. The quantitative estimate of drug-likeness (QED) is 0.844. The van der Waals surface area contributed by atoms with Gasteiger partial charge in [-0.2, -0.15) is 0 Å². The number of aromatic nitrogens is 2. The first-order chi connectivity index (χ1) is 11.8. The van der Waals surface area contributed by atoms with Crippen LogP contribution in [0.4, 0.5) is 0 Å². The van der Waals surface area contributed by atoms with Crippen molar-refractivity contribution in [3.05, 3.63) is 47.8 Å². The fraction of sp³-hybridized carbons (Fsp3) is 0.500. The second-order valence-corrected chi connectivity index (χ2v) is 6.70. The Kier molecular flexibility index (Phi) is 5.94. The predicted octanol–water partition coefficient (Wildman–Crippen LogP) is 3.37. The summed E-state index contributed by atoms with van der Waals surface area (Å²) in [6.07, 6.45) is 6.48. The molecule has 3 rings (SSSR count). The van der Waals surface area contributed by atoms with Gasteiger partial charge in [0, 0.05) is 43.2 Å². The molecule has 2 heterocycles. The van der Waals surface area contributed by atoms with Crippen LogP contribution in [0.15, 0.2) is 36.7 Å². The third-order valence-corrected chi connectivity index (χ3v) is 4.72. The molecule has 1 aromatic carbocycles. The molecule has 0 radical (unpaired) electrons. The van der Waals surface area contributed by atoms with Crippen molar-refractivity contribution in [2.45, 2.75) is 33.2 Å². The van der Waals surface area contributed by atoms with Gasteiger partial charge in [-0.15, -0.1) is 0 Å². The van der Waals surface area contributed by atoms with E-state index >= 15 is 0 Å². The zero-order valence-corrected chi connectivity index (χ0v) is 14.9. The van der Waals surface area contributed by atoms with Crippen molar-refractivity contribution in [1.29, 1.82) is 0 Å². The molecule has 0 amide bonds. The van der Waals surface area contributed by atoms with Crippen molar-refractivity contribution < 1.29 is 0 Å². The highest BCUT2D eigenvalue weighted by atomic mass is 15.2. The molecule has 0 unspecified atom stereocenters. The van der Waals surface area contributed by atoms with Crippen molar-refractivity contribution in [1.82, 2.24) is 19.8 Å².